The smallest absolute Gasteiger partial charge is 0.456 e. The van der Waals surface area contributed by atoms with Gasteiger partial charge in [-0.1, -0.05) is 30.0 Å². The number of nitrogens with one attached hydrogen (secondary N) is 2. The molecule has 2 unspecified atom stereocenters. The number of phosphoric ester groups is 1. The van der Waals surface area contributed by atoms with Crippen LogP contribution in [0.5, 0.6) is 11.5 Å². The molecule has 1 fully saturated rings. The van der Waals surface area contributed by atoms with E-state index in [4.69, 9.17) is 25.0 Å². The van der Waals surface area contributed by atoms with Crippen molar-refractivity contribution in [3.63, 3.8) is 0 Å². The first kappa shape index (κ1) is 54.8. The molecule has 0 spiro atoms. The maximum Gasteiger partial charge on any atom is 0.490 e. The number of aromatic nitrogens is 3. The Morgan fingerprint density at radius 3 is 2.55 bits per heavy atom. The summed E-state index contributed by atoms with van der Waals surface area (Å²) in [5.74, 6) is 6.38. The van der Waals surface area contributed by atoms with Crippen molar-refractivity contribution in [2.45, 2.75) is 77.2 Å². The zero-order chi connectivity index (χ0) is 54.3. The van der Waals surface area contributed by atoms with Crippen LogP contribution in [0.25, 0.3) is 16.6 Å². The summed E-state index contributed by atoms with van der Waals surface area (Å²) in [4.78, 5) is 88.2. The Hall–Kier alpha value is -6.02. The summed E-state index contributed by atoms with van der Waals surface area (Å²) in [5, 5.41) is 15.6. The molecule has 5 atom stereocenters. The van der Waals surface area contributed by atoms with Gasteiger partial charge in [0, 0.05) is 91.4 Å². The molecule has 1 saturated heterocycles. The third kappa shape index (κ3) is 11.9. The van der Waals surface area contributed by atoms with Gasteiger partial charge in [-0.15, -0.1) is 0 Å². The molecule has 2 aromatic heterocycles. The van der Waals surface area contributed by atoms with Crippen molar-refractivity contribution in [2.75, 3.05) is 63.6 Å². The van der Waals surface area contributed by atoms with Crippen LogP contribution in [0.3, 0.4) is 0 Å². The Bertz CT molecular complexity index is 3550. The third-order valence-electron chi connectivity index (χ3n) is 13.6. The van der Waals surface area contributed by atoms with E-state index in [1.807, 2.05) is 24.3 Å². The molecular formula is C49H58N8O16P3+. The number of amides is 2. The first-order chi connectivity index (χ1) is 36.1. The zero-order valence-electron chi connectivity index (χ0n) is 41.7. The topological polar surface area (TPSA) is 331 Å². The highest BCUT2D eigenvalue weighted by Crippen LogP contribution is 2.66. The van der Waals surface area contributed by atoms with Gasteiger partial charge in [0.05, 0.1) is 36.3 Å². The summed E-state index contributed by atoms with van der Waals surface area (Å²) >= 11 is 0. The fourth-order valence-electron chi connectivity index (χ4n) is 10.2. The average molecular weight is 1110 g/mol. The number of benzene rings is 3. The van der Waals surface area contributed by atoms with E-state index in [1.54, 1.807) is 11.9 Å². The highest BCUT2D eigenvalue weighted by Gasteiger charge is 2.43. The number of nitrogen functional groups attached to an aromatic ring is 1. The third-order valence-corrected chi connectivity index (χ3v) is 17.4. The van der Waals surface area contributed by atoms with E-state index in [1.165, 1.54) is 32.9 Å². The second-order valence-corrected chi connectivity index (χ2v) is 23.1. The number of aliphatic hydroxyl groups is 1. The number of H-pyrrole nitrogens is 1. The minimum atomic E-state index is -5.79. The lowest BCUT2D eigenvalue weighted by molar-refractivity contribution is -0.121. The molecule has 404 valence electrons. The average Bonchev–Trinajstić information content (AvgIpc) is 3.96. The number of anilines is 2. The second kappa shape index (κ2) is 22.1. The fourth-order valence-corrected chi connectivity index (χ4v) is 13.2. The maximum absolute atomic E-state index is 14.5. The number of phosphoric acid groups is 3. The Labute approximate surface area is 435 Å². The molecule has 4 aliphatic heterocycles. The molecular weight excluding hydrogens is 1050 g/mol. The van der Waals surface area contributed by atoms with Crippen LogP contribution < -0.4 is 41.4 Å². The summed E-state index contributed by atoms with van der Waals surface area (Å²) in [7, 11) is -15.2. The van der Waals surface area contributed by atoms with Gasteiger partial charge in [0.15, 0.2) is 5.65 Å². The number of rotatable bonds is 17. The van der Waals surface area contributed by atoms with Crippen molar-refractivity contribution in [3.05, 3.63) is 109 Å². The molecule has 76 heavy (non-hydrogen) atoms. The quantitative estimate of drug-likeness (QED) is 0.0370. The van der Waals surface area contributed by atoms with Crippen molar-refractivity contribution in [2.24, 2.45) is 0 Å². The molecule has 24 nitrogen and oxygen atoms in total. The van der Waals surface area contributed by atoms with E-state index < -0.39 is 54.1 Å². The molecule has 27 heteroatoms. The highest BCUT2D eigenvalue weighted by atomic mass is 31.3. The van der Waals surface area contributed by atoms with E-state index in [2.05, 4.69) is 87.9 Å². The van der Waals surface area contributed by atoms with Crippen LogP contribution in [0.2, 0.25) is 0 Å². The Kier molecular flexibility index (Phi) is 16.0. The van der Waals surface area contributed by atoms with Gasteiger partial charge < -0.3 is 59.6 Å². The number of aryl methyl sites for hydroxylation is 2. The highest BCUT2D eigenvalue weighted by molar-refractivity contribution is 7.66. The van der Waals surface area contributed by atoms with E-state index in [9.17, 15) is 43.0 Å². The maximum atomic E-state index is 14.5. The first-order valence-electron chi connectivity index (χ1n) is 24.6. The number of carbonyl (C=O) groups excluding carboxylic acids is 2. The Morgan fingerprint density at radius 1 is 1.01 bits per heavy atom. The molecule has 2 amide bonds. The molecule has 9 N–H and O–H groups in total. The van der Waals surface area contributed by atoms with Crippen LogP contribution >= 0.6 is 23.5 Å². The van der Waals surface area contributed by atoms with Gasteiger partial charge in [-0.2, -0.15) is 13.6 Å². The van der Waals surface area contributed by atoms with Crippen molar-refractivity contribution < 1.29 is 70.6 Å². The van der Waals surface area contributed by atoms with Gasteiger partial charge in [0.25, 0.3) is 11.5 Å². The van der Waals surface area contributed by atoms with Gasteiger partial charge in [0.2, 0.25) is 17.2 Å². The molecule has 5 aromatic rings. The number of fused-ring (bicyclic) bond motifs is 5. The van der Waals surface area contributed by atoms with Crippen LogP contribution in [0.4, 0.5) is 11.6 Å². The normalized spacial score (nSPS) is 19.5. The summed E-state index contributed by atoms with van der Waals surface area (Å²) in [6.45, 7) is 7.26. The van der Waals surface area contributed by atoms with E-state index in [0.29, 0.717) is 12.0 Å². The number of hydrogen-bond acceptors (Lipinski definition) is 15. The largest absolute Gasteiger partial charge is 0.490 e. The van der Waals surface area contributed by atoms with Crippen LogP contribution in [0, 0.1) is 11.8 Å². The fraction of sp³-hybridized carbons (Fsp3) is 0.408. The van der Waals surface area contributed by atoms with Crippen LogP contribution in [-0.2, 0) is 49.2 Å². The van der Waals surface area contributed by atoms with Gasteiger partial charge in [-0.25, -0.2) is 18.3 Å². The predicted octanol–water partition coefficient (Wildman–Crippen LogP) is 2.90. The summed E-state index contributed by atoms with van der Waals surface area (Å²) in [6.07, 6.45) is 1.71. The first-order valence-corrected chi connectivity index (χ1v) is 29.2. The lowest BCUT2D eigenvalue weighted by atomic mass is 9.86. The van der Waals surface area contributed by atoms with Crippen LogP contribution in [-0.4, -0.2) is 121 Å². The molecule has 0 saturated carbocycles. The molecule has 6 heterocycles. The SMILES string of the molecule is CCN1CCCc2cc3c(cc21)Oc1cc2c(cc1=C3c1ccccc1C(=O)N(C)CCCC(=O)NCC#Cc1cn([C@H]3C[C@H](O)[C@@H](COP(=O)(O)OP(=O)(O)OP(=O)(O)O)O3)c3nc(N)[nH]c(=O)c13)CCC[N+]=2CC. The number of nitrogens with two attached hydrogens (primary N) is 1. The van der Waals surface area contributed by atoms with Gasteiger partial charge >= 0.3 is 23.5 Å². The molecule has 0 radical (unpaired) electrons. The standard InChI is InChI=1S/C49H57N8O16P3/c1-4-55-20-9-13-29-22-34-39(24-36(29)55)70-40-25-37-30(14-10-21-56(37)5-2)23-35(40)45(34)32-15-6-7-16-33(32)48(61)54(3)19-11-17-42(59)51-18-8-12-31-27-57(46-44(31)47(60)53-49(50)52-46)43-26-38(58)41(71-43)28-69-75(65,66)73-76(67,68)72-74(62,63)64/h6-7,15-16,22-25,27,38,41,43,58H,4-5,9-11,13-14,17-21,26,28H2,1-3H3,(H7-,50,51,52,53,59,60,62,63,64,65,66,67,68)/p+1/t38-,41+,43+/m0/s1. The van der Waals surface area contributed by atoms with Gasteiger partial charge in [-0.05, 0) is 68.9 Å². The zero-order valence-corrected chi connectivity index (χ0v) is 44.4. The van der Waals surface area contributed by atoms with Crippen molar-refractivity contribution in [1.82, 2.24) is 29.3 Å². The number of aromatic amines is 1. The number of carbonyl (C=O) groups is 2. The van der Waals surface area contributed by atoms with Crippen LogP contribution in [0.15, 0.2) is 59.5 Å². The molecule has 0 bridgehead atoms. The van der Waals surface area contributed by atoms with Crippen LogP contribution in [0.1, 0.15) is 90.4 Å². The number of ether oxygens (including phenoxy) is 2. The van der Waals surface area contributed by atoms with Crippen molar-refractivity contribution in [1.29, 1.82) is 0 Å². The molecule has 3 aromatic carbocycles. The summed E-state index contributed by atoms with van der Waals surface area (Å²) in [6, 6.07) is 16.5. The number of nitrogens with zero attached hydrogens (tertiary/aromatic N) is 5. The second-order valence-electron chi connectivity index (χ2n) is 18.7. The lowest BCUT2D eigenvalue weighted by Gasteiger charge is -2.33. The molecule has 4 aliphatic rings. The molecule has 0 aliphatic carbocycles. The van der Waals surface area contributed by atoms with E-state index in [-0.39, 0.29) is 60.3 Å². The van der Waals surface area contributed by atoms with Gasteiger partial charge in [0.1, 0.15) is 36.9 Å². The van der Waals surface area contributed by atoms with E-state index in [0.717, 1.165) is 85.3 Å². The number of hydrogen-bond donors (Lipinski definition) is 8. The lowest BCUT2D eigenvalue weighted by Crippen LogP contribution is -2.39. The van der Waals surface area contributed by atoms with E-state index >= 15 is 0 Å². The minimum absolute atomic E-state index is 0.00778. The monoisotopic (exact) mass is 1110 g/mol. The summed E-state index contributed by atoms with van der Waals surface area (Å²) < 4.78 is 63.4. The number of aliphatic hydroxyl groups excluding tert-OH is 1. The van der Waals surface area contributed by atoms with Crippen molar-refractivity contribution >= 4 is 63.5 Å². The summed E-state index contributed by atoms with van der Waals surface area (Å²) in [5.41, 5.74) is 12.2. The molecule has 9 rings (SSSR count). The van der Waals surface area contributed by atoms with Crippen molar-refractivity contribution in [3.8, 4) is 23.3 Å². The minimum Gasteiger partial charge on any atom is -0.456 e. The Morgan fingerprint density at radius 2 is 1.79 bits per heavy atom. The van der Waals surface area contributed by atoms with Gasteiger partial charge in [-0.3, -0.25) is 23.9 Å². The Balaban J connectivity index is 0.862. The predicted molar refractivity (Wildman–Crippen MR) is 277 cm³/mol.